The van der Waals surface area contributed by atoms with Gasteiger partial charge >= 0.3 is 0 Å². The lowest BCUT2D eigenvalue weighted by Gasteiger charge is -2.18. The van der Waals surface area contributed by atoms with E-state index in [1.54, 1.807) is 19.1 Å². The Morgan fingerprint density at radius 3 is 2.75 bits per heavy atom. The number of carbonyl (C=O) groups excluding carboxylic acids is 1. The maximum Gasteiger partial charge on any atom is 0.260 e. The van der Waals surface area contributed by atoms with Gasteiger partial charge in [-0.25, -0.2) is 9.37 Å². The average molecular weight is 387 g/mol. The van der Waals surface area contributed by atoms with E-state index in [1.807, 2.05) is 13.0 Å². The number of para-hydroxylation sites is 1. The maximum absolute atomic E-state index is 13.6. The Hall–Kier alpha value is -2.90. The molecular weight excluding hydrogens is 361 g/mol. The fourth-order valence-corrected chi connectivity index (χ4v) is 3.03. The average Bonchev–Trinajstić information content (AvgIpc) is 3.21. The van der Waals surface area contributed by atoms with Crippen molar-refractivity contribution in [3.63, 3.8) is 0 Å². The van der Waals surface area contributed by atoms with Crippen LogP contribution in [0.25, 0.3) is 0 Å². The van der Waals surface area contributed by atoms with Gasteiger partial charge in [-0.15, -0.1) is 0 Å². The number of carbonyl (C=O) groups is 1. The number of nitrogens with one attached hydrogen (secondary N) is 2. The predicted molar refractivity (Wildman–Crippen MR) is 106 cm³/mol. The van der Waals surface area contributed by atoms with Crippen LogP contribution in [-0.2, 0) is 4.79 Å². The second-order valence-corrected chi connectivity index (χ2v) is 6.79. The van der Waals surface area contributed by atoms with Crippen LogP contribution < -0.4 is 20.3 Å². The van der Waals surface area contributed by atoms with E-state index in [1.165, 1.54) is 25.0 Å². The summed E-state index contributed by atoms with van der Waals surface area (Å²) in [5.41, 5.74) is 0.898. The zero-order chi connectivity index (χ0) is 19.9. The van der Waals surface area contributed by atoms with E-state index in [-0.39, 0.29) is 11.7 Å². The minimum atomic E-state index is -0.797. The highest BCUT2D eigenvalue weighted by Gasteiger charge is 2.17. The van der Waals surface area contributed by atoms with Crippen molar-refractivity contribution in [2.45, 2.75) is 32.8 Å². The molecule has 0 aliphatic carbocycles. The first-order valence-electron chi connectivity index (χ1n) is 9.56. The number of anilines is 2. The molecule has 1 aliphatic heterocycles. The third kappa shape index (κ3) is 5.31. The zero-order valence-corrected chi connectivity index (χ0v) is 16.2. The van der Waals surface area contributed by atoms with Crippen LogP contribution in [0.5, 0.6) is 5.75 Å². The molecular formula is C20H26FN5O2. The van der Waals surface area contributed by atoms with Crippen LogP contribution in [0.4, 0.5) is 16.2 Å². The number of halogens is 1. The van der Waals surface area contributed by atoms with Crippen molar-refractivity contribution in [2.75, 3.05) is 36.4 Å². The molecule has 1 fully saturated rings. The lowest BCUT2D eigenvalue weighted by molar-refractivity contribution is -0.127. The molecule has 1 saturated heterocycles. The fraction of sp³-hybridized carbons (Fsp3) is 0.450. The minimum Gasteiger partial charge on any atom is -0.478 e. The van der Waals surface area contributed by atoms with Crippen LogP contribution in [0.1, 0.15) is 25.5 Å². The zero-order valence-electron chi connectivity index (χ0n) is 16.2. The van der Waals surface area contributed by atoms with Crippen molar-refractivity contribution in [1.82, 2.24) is 15.3 Å². The van der Waals surface area contributed by atoms with Crippen molar-refractivity contribution in [1.29, 1.82) is 0 Å². The van der Waals surface area contributed by atoms with Gasteiger partial charge in [-0.3, -0.25) is 4.79 Å². The highest BCUT2D eigenvalue weighted by molar-refractivity contribution is 5.80. The summed E-state index contributed by atoms with van der Waals surface area (Å²) in [6.45, 7) is 6.41. The minimum absolute atomic E-state index is 0.0610. The Morgan fingerprint density at radius 1 is 1.25 bits per heavy atom. The van der Waals surface area contributed by atoms with Crippen molar-refractivity contribution >= 4 is 17.7 Å². The molecule has 1 aromatic heterocycles. The van der Waals surface area contributed by atoms with Crippen LogP contribution in [0.3, 0.4) is 0 Å². The molecule has 1 amide bonds. The summed E-state index contributed by atoms with van der Waals surface area (Å²) in [4.78, 5) is 23.3. The molecule has 150 valence electrons. The van der Waals surface area contributed by atoms with Crippen LogP contribution >= 0.6 is 0 Å². The monoisotopic (exact) mass is 387 g/mol. The van der Waals surface area contributed by atoms with Crippen LogP contribution in [0.2, 0.25) is 0 Å². The van der Waals surface area contributed by atoms with Crippen molar-refractivity contribution in [3.05, 3.63) is 41.8 Å². The van der Waals surface area contributed by atoms with Gasteiger partial charge in [0, 0.05) is 37.9 Å². The number of rotatable bonds is 8. The lowest BCUT2D eigenvalue weighted by atomic mass is 10.3. The summed E-state index contributed by atoms with van der Waals surface area (Å²) in [6.07, 6.45) is 1.57. The second-order valence-electron chi connectivity index (χ2n) is 6.79. The topological polar surface area (TPSA) is 79.4 Å². The Bertz CT molecular complexity index is 811. The highest BCUT2D eigenvalue weighted by atomic mass is 19.1. The van der Waals surface area contributed by atoms with Gasteiger partial charge in [0.1, 0.15) is 5.82 Å². The van der Waals surface area contributed by atoms with Gasteiger partial charge in [-0.1, -0.05) is 12.1 Å². The number of hydrogen-bond acceptors (Lipinski definition) is 6. The smallest absolute Gasteiger partial charge is 0.260 e. The second kappa shape index (κ2) is 9.34. The predicted octanol–water partition coefficient (Wildman–Crippen LogP) is 2.52. The molecule has 1 unspecified atom stereocenters. The Kier molecular flexibility index (Phi) is 6.62. The Balaban J connectivity index is 1.45. The molecule has 7 nitrogen and oxygen atoms in total. The van der Waals surface area contributed by atoms with E-state index in [4.69, 9.17) is 4.74 Å². The van der Waals surface area contributed by atoms with E-state index in [0.29, 0.717) is 19.0 Å². The largest absolute Gasteiger partial charge is 0.478 e. The van der Waals surface area contributed by atoms with E-state index in [9.17, 15) is 9.18 Å². The molecule has 1 aromatic carbocycles. The normalized spacial score (nSPS) is 14.6. The van der Waals surface area contributed by atoms with Gasteiger partial charge < -0.3 is 20.3 Å². The number of aromatic nitrogens is 2. The van der Waals surface area contributed by atoms with Crippen LogP contribution in [0.15, 0.2) is 30.3 Å². The SMILES string of the molecule is Cc1cc(N2CCCC2)nc(NCCNC(=O)C(C)Oc2ccccc2F)n1. The van der Waals surface area contributed by atoms with Gasteiger partial charge in [-0.05, 0) is 38.8 Å². The number of ether oxygens (including phenoxy) is 1. The van der Waals surface area contributed by atoms with Crippen molar-refractivity contribution in [2.24, 2.45) is 0 Å². The quantitative estimate of drug-likeness (QED) is 0.678. The molecule has 3 rings (SSSR count). The fourth-order valence-electron chi connectivity index (χ4n) is 3.03. The molecule has 0 saturated carbocycles. The molecule has 0 bridgehead atoms. The third-order valence-electron chi connectivity index (χ3n) is 4.49. The number of amides is 1. The highest BCUT2D eigenvalue weighted by Crippen LogP contribution is 2.20. The summed E-state index contributed by atoms with van der Waals surface area (Å²) in [6, 6.07) is 8.00. The van der Waals surface area contributed by atoms with Gasteiger partial charge in [0.15, 0.2) is 17.7 Å². The van der Waals surface area contributed by atoms with E-state index in [0.717, 1.165) is 24.6 Å². The summed E-state index contributed by atoms with van der Waals surface area (Å²) in [5.74, 6) is 0.739. The summed E-state index contributed by atoms with van der Waals surface area (Å²) < 4.78 is 19.0. The molecule has 1 aliphatic rings. The lowest BCUT2D eigenvalue weighted by Crippen LogP contribution is -2.38. The first-order chi connectivity index (χ1) is 13.5. The van der Waals surface area contributed by atoms with Gasteiger partial charge in [0.05, 0.1) is 0 Å². The first kappa shape index (κ1) is 19.9. The first-order valence-corrected chi connectivity index (χ1v) is 9.56. The summed E-state index contributed by atoms with van der Waals surface area (Å²) in [7, 11) is 0. The van der Waals surface area contributed by atoms with Gasteiger partial charge in [-0.2, -0.15) is 4.98 Å². The Labute approximate surface area is 164 Å². The molecule has 2 aromatic rings. The van der Waals surface area contributed by atoms with Gasteiger partial charge in [0.2, 0.25) is 5.95 Å². The van der Waals surface area contributed by atoms with E-state index in [2.05, 4.69) is 25.5 Å². The van der Waals surface area contributed by atoms with E-state index >= 15 is 0 Å². The summed E-state index contributed by atoms with van der Waals surface area (Å²) >= 11 is 0. The Morgan fingerprint density at radius 2 is 2.00 bits per heavy atom. The molecule has 2 heterocycles. The molecule has 0 spiro atoms. The third-order valence-corrected chi connectivity index (χ3v) is 4.49. The van der Waals surface area contributed by atoms with E-state index < -0.39 is 11.9 Å². The number of aryl methyl sites for hydroxylation is 1. The standard InChI is InChI=1S/C20H26FN5O2/c1-14-13-18(26-11-5-6-12-26)25-20(24-14)23-10-9-22-19(27)15(2)28-17-8-4-3-7-16(17)21/h3-4,7-8,13,15H,5-6,9-12H2,1-2H3,(H,22,27)(H,23,24,25). The van der Waals surface area contributed by atoms with Crippen molar-refractivity contribution < 1.29 is 13.9 Å². The van der Waals surface area contributed by atoms with Crippen LogP contribution in [0, 0.1) is 12.7 Å². The molecule has 0 radical (unpaired) electrons. The molecule has 28 heavy (non-hydrogen) atoms. The molecule has 1 atom stereocenters. The number of benzene rings is 1. The summed E-state index contributed by atoms with van der Waals surface area (Å²) in [5, 5.41) is 5.90. The molecule has 8 heteroatoms. The van der Waals surface area contributed by atoms with Crippen LogP contribution in [-0.4, -0.2) is 48.2 Å². The molecule has 2 N–H and O–H groups in total. The number of nitrogens with zero attached hydrogens (tertiary/aromatic N) is 3. The van der Waals surface area contributed by atoms with Gasteiger partial charge in [0.25, 0.3) is 5.91 Å². The number of hydrogen-bond donors (Lipinski definition) is 2. The van der Waals surface area contributed by atoms with Crippen molar-refractivity contribution in [3.8, 4) is 5.75 Å². The maximum atomic E-state index is 13.6.